The van der Waals surface area contributed by atoms with E-state index in [1.165, 1.54) is 22.9 Å². The molecule has 2 aromatic rings. The summed E-state index contributed by atoms with van der Waals surface area (Å²) in [6.45, 7) is 2.97. The van der Waals surface area contributed by atoms with Crippen molar-refractivity contribution in [2.24, 2.45) is 0 Å². The SMILES string of the molecule is CCNc1cc(Cn2cc([N+](=O)[O-])ccc2=O)ccn1. The first-order valence-corrected chi connectivity index (χ1v) is 6.14. The Hall–Kier alpha value is -2.70. The first-order chi connectivity index (χ1) is 9.60. The molecule has 2 rings (SSSR count). The molecule has 0 aromatic carbocycles. The van der Waals surface area contributed by atoms with E-state index in [2.05, 4.69) is 10.3 Å². The van der Waals surface area contributed by atoms with Crippen molar-refractivity contribution in [3.63, 3.8) is 0 Å². The van der Waals surface area contributed by atoms with E-state index < -0.39 is 4.92 Å². The summed E-state index contributed by atoms with van der Waals surface area (Å²) >= 11 is 0. The minimum Gasteiger partial charge on any atom is -0.370 e. The van der Waals surface area contributed by atoms with Crippen LogP contribution in [0.2, 0.25) is 0 Å². The van der Waals surface area contributed by atoms with Crippen molar-refractivity contribution in [1.82, 2.24) is 9.55 Å². The molecule has 0 spiro atoms. The maximum atomic E-state index is 11.7. The lowest BCUT2D eigenvalue weighted by Gasteiger charge is -2.07. The van der Waals surface area contributed by atoms with Gasteiger partial charge in [0.1, 0.15) is 5.82 Å². The summed E-state index contributed by atoms with van der Waals surface area (Å²) in [7, 11) is 0. The van der Waals surface area contributed by atoms with E-state index in [1.807, 2.05) is 13.0 Å². The van der Waals surface area contributed by atoms with Crippen LogP contribution in [0.3, 0.4) is 0 Å². The Labute approximate surface area is 115 Å². The van der Waals surface area contributed by atoms with Gasteiger partial charge < -0.3 is 9.88 Å². The molecule has 0 aliphatic rings. The third-order valence-corrected chi connectivity index (χ3v) is 2.71. The van der Waals surface area contributed by atoms with Crippen LogP contribution in [0.1, 0.15) is 12.5 Å². The van der Waals surface area contributed by atoms with Crippen molar-refractivity contribution in [2.75, 3.05) is 11.9 Å². The van der Waals surface area contributed by atoms with Crippen LogP contribution in [0.25, 0.3) is 0 Å². The number of nitrogens with zero attached hydrogens (tertiary/aromatic N) is 3. The molecule has 0 unspecified atom stereocenters. The predicted molar refractivity (Wildman–Crippen MR) is 74.9 cm³/mol. The third-order valence-electron chi connectivity index (χ3n) is 2.71. The quantitative estimate of drug-likeness (QED) is 0.661. The molecule has 2 heterocycles. The second-order valence-corrected chi connectivity index (χ2v) is 4.19. The maximum Gasteiger partial charge on any atom is 0.285 e. The molecular formula is C13H14N4O3. The van der Waals surface area contributed by atoms with Crippen molar-refractivity contribution < 1.29 is 4.92 Å². The van der Waals surface area contributed by atoms with Gasteiger partial charge in [-0.3, -0.25) is 14.9 Å². The summed E-state index contributed by atoms with van der Waals surface area (Å²) < 4.78 is 1.31. The molecule has 20 heavy (non-hydrogen) atoms. The van der Waals surface area contributed by atoms with Crippen LogP contribution < -0.4 is 10.9 Å². The zero-order valence-corrected chi connectivity index (χ0v) is 10.9. The van der Waals surface area contributed by atoms with E-state index in [9.17, 15) is 14.9 Å². The highest BCUT2D eigenvalue weighted by Crippen LogP contribution is 2.10. The Kier molecular flexibility index (Phi) is 4.09. The van der Waals surface area contributed by atoms with E-state index in [0.29, 0.717) is 5.82 Å². The topological polar surface area (TPSA) is 90.1 Å². The lowest BCUT2D eigenvalue weighted by molar-refractivity contribution is -0.385. The fourth-order valence-electron chi connectivity index (χ4n) is 1.80. The average molecular weight is 274 g/mol. The first-order valence-electron chi connectivity index (χ1n) is 6.14. The molecule has 0 fully saturated rings. The fraction of sp³-hybridized carbons (Fsp3) is 0.231. The van der Waals surface area contributed by atoms with E-state index in [0.717, 1.165) is 12.1 Å². The number of hydrogen-bond acceptors (Lipinski definition) is 5. The number of rotatable bonds is 5. The molecule has 104 valence electrons. The van der Waals surface area contributed by atoms with Crippen molar-refractivity contribution in [3.05, 3.63) is 62.7 Å². The summed E-state index contributed by atoms with van der Waals surface area (Å²) in [6.07, 6.45) is 2.88. The third kappa shape index (κ3) is 3.19. The highest BCUT2D eigenvalue weighted by molar-refractivity contribution is 5.37. The average Bonchev–Trinajstić information content (AvgIpc) is 2.42. The second kappa shape index (κ2) is 5.96. The van der Waals surface area contributed by atoms with Crippen molar-refractivity contribution in [3.8, 4) is 0 Å². The van der Waals surface area contributed by atoms with E-state index >= 15 is 0 Å². The molecule has 0 aliphatic heterocycles. The monoisotopic (exact) mass is 274 g/mol. The van der Waals surface area contributed by atoms with E-state index in [-0.39, 0.29) is 17.8 Å². The van der Waals surface area contributed by atoms with Crippen LogP contribution in [-0.4, -0.2) is 21.0 Å². The van der Waals surface area contributed by atoms with Gasteiger partial charge in [0.05, 0.1) is 17.7 Å². The number of pyridine rings is 2. The molecule has 2 aromatic heterocycles. The van der Waals surface area contributed by atoms with Gasteiger partial charge in [0.15, 0.2) is 0 Å². The van der Waals surface area contributed by atoms with Crippen LogP contribution in [0.4, 0.5) is 11.5 Å². The summed E-state index contributed by atoms with van der Waals surface area (Å²) in [5.41, 5.74) is 0.460. The number of aromatic nitrogens is 2. The molecule has 0 bridgehead atoms. The Balaban J connectivity index is 2.29. The van der Waals surface area contributed by atoms with Gasteiger partial charge in [0, 0.05) is 24.9 Å². The lowest BCUT2D eigenvalue weighted by Crippen LogP contribution is -2.19. The lowest BCUT2D eigenvalue weighted by atomic mass is 10.2. The van der Waals surface area contributed by atoms with Gasteiger partial charge in [-0.1, -0.05) is 0 Å². The highest BCUT2D eigenvalue weighted by Gasteiger charge is 2.08. The number of nitro groups is 1. The molecule has 0 radical (unpaired) electrons. The van der Waals surface area contributed by atoms with Gasteiger partial charge in [-0.05, 0) is 24.6 Å². The minimum atomic E-state index is -0.521. The number of nitrogens with one attached hydrogen (secondary N) is 1. The molecule has 7 heteroatoms. The molecule has 0 aliphatic carbocycles. The zero-order chi connectivity index (χ0) is 14.5. The van der Waals surface area contributed by atoms with E-state index in [4.69, 9.17) is 0 Å². The van der Waals surface area contributed by atoms with Gasteiger partial charge in [-0.15, -0.1) is 0 Å². The Morgan fingerprint density at radius 1 is 1.40 bits per heavy atom. The highest BCUT2D eigenvalue weighted by atomic mass is 16.6. The molecule has 0 saturated heterocycles. The van der Waals surface area contributed by atoms with Crippen LogP contribution in [0, 0.1) is 10.1 Å². The van der Waals surface area contributed by atoms with Crippen LogP contribution in [0.15, 0.2) is 41.5 Å². The maximum absolute atomic E-state index is 11.7. The van der Waals surface area contributed by atoms with Gasteiger partial charge in [0.2, 0.25) is 0 Å². The van der Waals surface area contributed by atoms with Crippen molar-refractivity contribution >= 4 is 11.5 Å². The van der Waals surface area contributed by atoms with Crippen molar-refractivity contribution in [1.29, 1.82) is 0 Å². The molecule has 7 nitrogen and oxygen atoms in total. The summed E-state index contributed by atoms with van der Waals surface area (Å²) in [6, 6.07) is 5.99. The van der Waals surface area contributed by atoms with Gasteiger partial charge in [-0.25, -0.2) is 4.98 Å². The fourth-order valence-corrected chi connectivity index (χ4v) is 1.80. The van der Waals surface area contributed by atoms with Gasteiger partial charge in [0.25, 0.3) is 11.2 Å². The molecule has 0 amide bonds. The minimum absolute atomic E-state index is 0.106. The normalized spacial score (nSPS) is 10.2. The number of hydrogen-bond donors (Lipinski definition) is 1. The molecule has 1 N–H and O–H groups in total. The summed E-state index contributed by atoms with van der Waals surface area (Å²) in [5, 5.41) is 13.8. The smallest absolute Gasteiger partial charge is 0.285 e. The molecular weight excluding hydrogens is 260 g/mol. The van der Waals surface area contributed by atoms with Gasteiger partial charge >= 0.3 is 0 Å². The predicted octanol–water partition coefficient (Wildman–Crippen LogP) is 1.63. The summed E-state index contributed by atoms with van der Waals surface area (Å²) in [4.78, 5) is 26.1. The van der Waals surface area contributed by atoms with Crippen LogP contribution in [0.5, 0.6) is 0 Å². The van der Waals surface area contributed by atoms with E-state index in [1.54, 1.807) is 12.3 Å². The number of anilines is 1. The van der Waals surface area contributed by atoms with Crippen molar-refractivity contribution in [2.45, 2.75) is 13.5 Å². The Morgan fingerprint density at radius 3 is 2.90 bits per heavy atom. The summed E-state index contributed by atoms with van der Waals surface area (Å²) in [5.74, 6) is 0.712. The van der Waals surface area contributed by atoms with Crippen LogP contribution >= 0.6 is 0 Å². The molecule has 0 atom stereocenters. The second-order valence-electron chi connectivity index (χ2n) is 4.19. The largest absolute Gasteiger partial charge is 0.370 e. The standard InChI is InChI=1S/C13H14N4O3/c1-2-14-12-7-10(5-6-15-12)8-16-9-11(17(19)20)3-4-13(16)18/h3-7,9H,2,8H2,1H3,(H,14,15). The van der Waals surface area contributed by atoms with Gasteiger partial charge in [-0.2, -0.15) is 0 Å². The zero-order valence-electron chi connectivity index (χ0n) is 10.9. The first kappa shape index (κ1) is 13.7. The Bertz CT molecular complexity index is 681. The molecule has 0 saturated carbocycles. The van der Waals surface area contributed by atoms with Crippen LogP contribution in [-0.2, 0) is 6.54 Å². The Morgan fingerprint density at radius 2 is 2.20 bits per heavy atom.